The molecule has 0 aliphatic rings. The number of nitrogens with zero attached hydrogens (tertiary/aromatic N) is 6. The second kappa shape index (κ2) is 11.3. The van der Waals surface area contributed by atoms with Gasteiger partial charge in [-0.1, -0.05) is 19.1 Å². The smallest absolute Gasteiger partial charge is 0.251 e. The van der Waals surface area contributed by atoms with E-state index in [0.717, 1.165) is 12.0 Å². The van der Waals surface area contributed by atoms with Crippen LogP contribution in [0.15, 0.2) is 73.1 Å². The van der Waals surface area contributed by atoms with E-state index in [1.165, 1.54) is 34.0 Å². The van der Waals surface area contributed by atoms with Gasteiger partial charge in [-0.3, -0.25) is 19.5 Å². The standard InChI is InChI=1S/C28H30FN7O2/c1-5-19-6-12-23(13-7-19)36(25(20-14-16-30-17-15-20)27(38)31-28(2,3)4)24(37)18-35-33-26(32-34-35)21-8-10-22(29)11-9-21/h6-17,25H,5,18H2,1-4H3,(H,31,38)/t25-/m0/s1. The topological polar surface area (TPSA) is 106 Å². The molecule has 0 saturated heterocycles. The molecule has 4 rings (SSSR count). The number of anilines is 1. The van der Waals surface area contributed by atoms with Crippen molar-refractivity contribution in [1.29, 1.82) is 0 Å². The van der Waals surface area contributed by atoms with Crippen LogP contribution in [0.3, 0.4) is 0 Å². The minimum Gasteiger partial charge on any atom is -0.349 e. The first-order chi connectivity index (χ1) is 18.1. The Labute approximate surface area is 220 Å². The Bertz CT molecular complexity index is 1380. The molecule has 1 N–H and O–H groups in total. The van der Waals surface area contributed by atoms with Crippen molar-refractivity contribution >= 4 is 17.5 Å². The van der Waals surface area contributed by atoms with Gasteiger partial charge >= 0.3 is 0 Å². The van der Waals surface area contributed by atoms with E-state index >= 15 is 0 Å². The quantitative estimate of drug-likeness (QED) is 0.378. The molecule has 0 aliphatic heterocycles. The van der Waals surface area contributed by atoms with Crippen LogP contribution in [0.5, 0.6) is 0 Å². The number of hydrogen-bond acceptors (Lipinski definition) is 6. The summed E-state index contributed by atoms with van der Waals surface area (Å²) in [7, 11) is 0. The van der Waals surface area contributed by atoms with Gasteiger partial charge in [0.15, 0.2) is 0 Å². The van der Waals surface area contributed by atoms with Crippen molar-refractivity contribution < 1.29 is 14.0 Å². The van der Waals surface area contributed by atoms with Crippen molar-refractivity contribution in [3.05, 3.63) is 90.0 Å². The number of tetrazole rings is 1. The maximum Gasteiger partial charge on any atom is 0.251 e. The number of amides is 2. The fraction of sp³-hybridized carbons (Fsp3) is 0.286. The third kappa shape index (κ3) is 6.44. The molecule has 2 amide bonds. The van der Waals surface area contributed by atoms with E-state index < -0.39 is 17.5 Å². The summed E-state index contributed by atoms with van der Waals surface area (Å²) in [4.78, 5) is 34.3. The number of halogens is 1. The third-order valence-corrected chi connectivity index (χ3v) is 5.75. The molecule has 196 valence electrons. The van der Waals surface area contributed by atoms with Crippen molar-refractivity contribution in [3.63, 3.8) is 0 Å². The number of aromatic nitrogens is 5. The minimum atomic E-state index is -0.975. The summed E-state index contributed by atoms with van der Waals surface area (Å²) in [6, 6.07) is 15.7. The van der Waals surface area contributed by atoms with Crippen LogP contribution in [0.2, 0.25) is 0 Å². The lowest BCUT2D eigenvalue weighted by Gasteiger charge is -2.33. The molecule has 38 heavy (non-hydrogen) atoms. The van der Waals surface area contributed by atoms with Gasteiger partial charge in [-0.2, -0.15) is 4.80 Å². The first-order valence-electron chi connectivity index (χ1n) is 12.3. The van der Waals surface area contributed by atoms with Gasteiger partial charge in [0.2, 0.25) is 11.7 Å². The zero-order valence-corrected chi connectivity index (χ0v) is 21.8. The van der Waals surface area contributed by atoms with Crippen molar-refractivity contribution in [1.82, 2.24) is 30.5 Å². The number of carbonyl (C=O) groups excluding carboxylic acids is 2. The van der Waals surface area contributed by atoms with E-state index in [1.54, 1.807) is 24.5 Å². The van der Waals surface area contributed by atoms with Crippen molar-refractivity contribution in [2.45, 2.75) is 52.2 Å². The van der Waals surface area contributed by atoms with Gasteiger partial charge in [0.1, 0.15) is 18.4 Å². The van der Waals surface area contributed by atoms with Crippen LogP contribution in [-0.2, 0) is 22.6 Å². The van der Waals surface area contributed by atoms with E-state index in [0.29, 0.717) is 16.8 Å². The van der Waals surface area contributed by atoms with E-state index in [4.69, 9.17) is 0 Å². The molecule has 0 unspecified atom stereocenters. The Morgan fingerprint density at radius 2 is 1.66 bits per heavy atom. The Kier molecular flexibility index (Phi) is 7.90. The van der Waals surface area contributed by atoms with Crippen LogP contribution < -0.4 is 10.2 Å². The summed E-state index contributed by atoms with van der Waals surface area (Å²) >= 11 is 0. The lowest BCUT2D eigenvalue weighted by Crippen LogP contribution is -2.50. The Hall–Kier alpha value is -4.47. The predicted octanol–water partition coefficient (Wildman–Crippen LogP) is 4.13. The number of hydrogen-bond donors (Lipinski definition) is 1. The molecule has 0 radical (unpaired) electrons. The average molecular weight is 516 g/mol. The van der Waals surface area contributed by atoms with Gasteiger partial charge in [0.05, 0.1) is 0 Å². The minimum absolute atomic E-state index is 0.257. The highest BCUT2D eigenvalue weighted by atomic mass is 19.1. The molecular formula is C28H30FN7O2. The molecule has 9 nitrogen and oxygen atoms in total. The van der Waals surface area contributed by atoms with Gasteiger partial charge in [-0.15, -0.1) is 10.2 Å². The van der Waals surface area contributed by atoms with Gasteiger partial charge in [0.25, 0.3) is 5.91 Å². The predicted molar refractivity (Wildman–Crippen MR) is 141 cm³/mol. The molecule has 0 spiro atoms. The first-order valence-corrected chi connectivity index (χ1v) is 12.3. The molecular weight excluding hydrogens is 485 g/mol. The molecule has 0 fully saturated rings. The molecule has 0 bridgehead atoms. The van der Waals surface area contributed by atoms with Crippen LogP contribution in [0.1, 0.15) is 44.9 Å². The fourth-order valence-corrected chi connectivity index (χ4v) is 3.95. The lowest BCUT2D eigenvalue weighted by atomic mass is 10.0. The number of benzene rings is 2. The molecule has 10 heteroatoms. The number of carbonyl (C=O) groups is 2. The second-order valence-corrected chi connectivity index (χ2v) is 9.86. The van der Waals surface area contributed by atoms with Gasteiger partial charge < -0.3 is 5.32 Å². The van der Waals surface area contributed by atoms with E-state index in [9.17, 15) is 14.0 Å². The van der Waals surface area contributed by atoms with Crippen molar-refractivity contribution in [2.75, 3.05) is 4.90 Å². The van der Waals surface area contributed by atoms with Crippen LogP contribution in [0, 0.1) is 5.82 Å². The van der Waals surface area contributed by atoms with Gasteiger partial charge in [0, 0.05) is 29.2 Å². The normalized spacial score (nSPS) is 12.1. The zero-order chi connectivity index (χ0) is 27.3. The average Bonchev–Trinajstić information content (AvgIpc) is 3.35. The highest BCUT2D eigenvalue weighted by molar-refractivity contribution is 6.01. The van der Waals surface area contributed by atoms with E-state index in [1.807, 2.05) is 52.0 Å². The fourth-order valence-electron chi connectivity index (χ4n) is 3.95. The molecule has 2 aromatic carbocycles. The van der Waals surface area contributed by atoms with Crippen LogP contribution >= 0.6 is 0 Å². The summed E-state index contributed by atoms with van der Waals surface area (Å²) < 4.78 is 13.3. The maximum atomic E-state index is 13.9. The van der Waals surface area contributed by atoms with E-state index in [-0.39, 0.29) is 24.1 Å². The van der Waals surface area contributed by atoms with Gasteiger partial charge in [-0.25, -0.2) is 4.39 Å². The first kappa shape index (κ1) is 26.6. The molecule has 1 atom stereocenters. The molecule has 2 aromatic heterocycles. The summed E-state index contributed by atoms with van der Waals surface area (Å²) in [5, 5.41) is 15.3. The maximum absolute atomic E-state index is 13.9. The Morgan fingerprint density at radius 1 is 1.00 bits per heavy atom. The molecule has 4 aromatic rings. The molecule has 0 saturated carbocycles. The van der Waals surface area contributed by atoms with Gasteiger partial charge in [-0.05, 0) is 92.1 Å². The highest BCUT2D eigenvalue weighted by Gasteiger charge is 2.34. The third-order valence-electron chi connectivity index (χ3n) is 5.75. The highest BCUT2D eigenvalue weighted by Crippen LogP contribution is 2.29. The second-order valence-electron chi connectivity index (χ2n) is 9.86. The van der Waals surface area contributed by atoms with E-state index in [2.05, 4.69) is 25.7 Å². The Balaban J connectivity index is 1.72. The zero-order valence-electron chi connectivity index (χ0n) is 21.8. The SMILES string of the molecule is CCc1ccc(N(C(=O)Cn2nnc(-c3ccc(F)cc3)n2)[C@H](C(=O)NC(C)(C)C)c2ccncc2)cc1. The monoisotopic (exact) mass is 515 g/mol. The number of pyridine rings is 1. The number of rotatable bonds is 8. The molecule has 2 heterocycles. The summed E-state index contributed by atoms with van der Waals surface area (Å²) in [5.41, 5.74) is 2.30. The summed E-state index contributed by atoms with van der Waals surface area (Å²) in [6.07, 6.45) is 4.01. The van der Waals surface area contributed by atoms with Crippen molar-refractivity contribution in [2.24, 2.45) is 0 Å². The number of nitrogens with one attached hydrogen (secondary N) is 1. The largest absolute Gasteiger partial charge is 0.349 e. The summed E-state index contributed by atoms with van der Waals surface area (Å²) in [5.74, 6) is -0.872. The van der Waals surface area contributed by atoms with Crippen LogP contribution in [0.25, 0.3) is 11.4 Å². The molecule has 0 aliphatic carbocycles. The van der Waals surface area contributed by atoms with Crippen molar-refractivity contribution in [3.8, 4) is 11.4 Å². The lowest BCUT2D eigenvalue weighted by molar-refractivity contribution is -0.128. The van der Waals surface area contributed by atoms with Crippen LogP contribution in [-0.4, -0.2) is 42.5 Å². The Morgan fingerprint density at radius 3 is 2.26 bits per heavy atom. The van der Waals surface area contributed by atoms with Crippen LogP contribution in [0.4, 0.5) is 10.1 Å². The summed E-state index contributed by atoms with van der Waals surface area (Å²) in [6.45, 7) is 7.42. The number of aryl methyl sites for hydroxylation is 1.